The van der Waals surface area contributed by atoms with Crippen LogP contribution in [0.2, 0.25) is 0 Å². The van der Waals surface area contributed by atoms with Crippen LogP contribution in [0, 0.1) is 5.92 Å². The van der Waals surface area contributed by atoms with Gasteiger partial charge >= 0.3 is 11.9 Å². The number of nitrogens with zero attached hydrogens (tertiary/aromatic N) is 2. The second kappa shape index (κ2) is 13.2. The molecule has 0 aliphatic carbocycles. The van der Waals surface area contributed by atoms with E-state index in [0.717, 1.165) is 0 Å². The summed E-state index contributed by atoms with van der Waals surface area (Å²) >= 11 is 0. The molecule has 9 heteroatoms. The average Bonchev–Trinajstić information content (AvgIpc) is 3.08. The minimum Gasteiger partial charge on any atom is -0.492 e. The second-order valence-corrected chi connectivity index (χ2v) is 6.13. The van der Waals surface area contributed by atoms with E-state index in [1.165, 1.54) is 0 Å². The van der Waals surface area contributed by atoms with Crippen molar-refractivity contribution >= 4 is 71.1 Å². The summed E-state index contributed by atoms with van der Waals surface area (Å²) < 4.78 is 7.54. The molecule has 0 saturated heterocycles. The molecule has 7 nitrogen and oxygen atoms in total. The van der Waals surface area contributed by atoms with Crippen LogP contribution in [-0.4, -0.2) is 97.4 Å². The zero-order chi connectivity index (χ0) is 19.1. The van der Waals surface area contributed by atoms with E-state index in [0.29, 0.717) is 24.5 Å². The van der Waals surface area contributed by atoms with Crippen LogP contribution in [0.4, 0.5) is 0 Å². The zero-order valence-corrected chi connectivity index (χ0v) is 20.8. The third-order valence-electron chi connectivity index (χ3n) is 3.87. The molecule has 140 valence electrons. The molecule has 2 rings (SSSR count). The van der Waals surface area contributed by atoms with Crippen molar-refractivity contribution < 1.29 is 24.5 Å². The number of aliphatic carboxylic acids is 2. The minimum absolute atomic E-state index is 0. The van der Waals surface area contributed by atoms with E-state index in [4.69, 9.17) is 4.74 Å². The van der Waals surface area contributed by atoms with Crippen molar-refractivity contribution in [1.82, 2.24) is 9.55 Å². The molecule has 2 aromatic rings. The first-order valence-corrected chi connectivity index (χ1v) is 8.25. The summed E-state index contributed by atoms with van der Waals surface area (Å²) in [7, 11) is 0. The van der Waals surface area contributed by atoms with Gasteiger partial charge in [0.2, 0.25) is 0 Å². The van der Waals surface area contributed by atoms with Crippen LogP contribution in [0.3, 0.4) is 0 Å². The molecule has 0 bridgehead atoms. The Kier molecular flexibility index (Phi) is 12.7. The van der Waals surface area contributed by atoms with E-state index < -0.39 is 11.9 Å². The fourth-order valence-corrected chi connectivity index (χ4v) is 2.61. The van der Waals surface area contributed by atoms with E-state index in [1.54, 1.807) is 50.6 Å². The first kappa shape index (κ1) is 26.9. The maximum absolute atomic E-state index is 11.5. The minimum atomic E-state index is -1.21. The average molecular weight is 404 g/mol. The number of carboxylic acid groups (broad SMARTS) is 2. The van der Waals surface area contributed by atoms with Crippen LogP contribution in [-0.2, 0) is 22.6 Å². The molecular weight excluding hydrogens is 382 g/mol. The van der Waals surface area contributed by atoms with Gasteiger partial charge in [-0.15, -0.1) is 0 Å². The standard InChI is InChI=1S/C19H22N2O5.2Na/c1-13(2)17(19(24)25)16(18(22)23)11-14-3-5-15(6-4-14)26-10-9-21-8-7-20-12-21;;/h3-8,12-13H,9-11H2,1-2H3,(H,22,23)(H,24,25);;. The Morgan fingerprint density at radius 1 is 1.11 bits per heavy atom. The van der Waals surface area contributed by atoms with Gasteiger partial charge in [-0.25, -0.2) is 14.6 Å². The summed E-state index contributed by atoms with van der Waals surface area (Å²) in [5, 5.41) is 18.7. The number of rotatable bonds is 9. The Morgan fingerprint density at radius 3 is 2.21 bits per heavy atom. The summed E-state index contributed by atoms with van der Waals surface area (Å²) in [6, 6.07) is 6.99. The molecule has 0 aliphatic rings. The number of hydrogen-bond donors (Lipinski definition) is 2. The molecule has 0 aliphatic heterocycles. The van der Waals surface area contributed by atoms with Crippen molar-refractivity contribution in [2.45, 2.75) is 26.8 Å². The van der Waals surface area contributed by atoms with Crippen molar-refractivity contribution in [2.24, 2.45) is 5.92 Å². The van der Waals surface area contributed by atoms with Gasteiger partial charge in [0.05, 0.1) is 24.0 Å². The maximum atomic E-state index is 11.5. The topological polar surface area (TPSA) is 102 Å². The molecule has 1 aromatic heterocycles. The Hall–Kier alpha value is -1.09. The number of hydrogen-bond acceptors (Lipinski definition) is 4. The predicted octanol–water partition coefficient (Wildman–Crippen LogP) is 1.86. The molecule has 1 heterocycles. The van der Waals surface area contributed by atoms with Crippen molar-refractivity contribution in [3.8, 4) is 5.75 Å². The van der Waals surface area contributed by atoms with E-state index in [1.807, 2.05) is 10.8 Å². The van der Waals surface area contributed by atoms with Gasteiger partial charge in [0.1, 0.15) is 12.4 Å². The normalized spacial score (nSPS) is 11.1. The van der Waals surface area contributed by atoms with Gasteiger partial charge < -0.3 is 19.5 Å². The monoisotopic (exact) mass is 404 g/mol. The van der Waals surface area contributed by atoms with Gasteiger partial charge in [0, 0.05) is 77.9 Å². The SMILES string of the molecule is CC(C)C(C(=O)O)=C(Cc1ccc(OCCn2ccnc2)cc1)C(=O)O.[Na].[Na]. The van der Waals surface area contributed by atoms with Gasteiger partial charge in [0.15, 0.2) is 0 Å². The predicted molar refractivity (Wildman–Crippen MR) is 107 cm³/mol. The number of ether oxygens (including phenoxy) is 1. The van der Waals surface area contributed by atoms with E-state index in [9.17, 15) is 19.8 Å². The number of benzene rings is 1. The molecule has 0 amide bonds. The molecule has 0 atom stereocenters. The Morgan fingerprint density at radius 2 is 1.75 bits per heavy atom. The van der Waals surface area contributed by atoms with Gasteiger partial charge in [-0.2, -0.15) is 0 Å². The van der Waals surface area contributed by atoms with Gasteiger partial charge in [-0.1, -0.05) is 26.0 Å². The largest absolute Gasteiger partial charge is 0.492 e. The number of imidazole rings is 1. The molecule has 0 saturated carbocycles. The molecule has 28 heavy (non-hydrogen) atoms. The molecule has 0 spiro atoms. The van der Waals surface area contributed by atoms with Crippen LogP contribution >= 0.6 is 0 Å². The molecule has 0 unspecified atom stereocenters. The van der Waals surface area contributed by atoms with Crippen molar-refractivity contribution in [3.63, 3.8) is 0 Å². The smallest absolute Gasteiger partial charge is 0.332 e. The maximum Gasteiger partial charge on any atom is 0.332 e. The van der Waals surface area contributed by atoms with Gasteiger partial charge in [-0.3, -0.25) is 0 Å². The molecule has 2 radical (unpaired) electrons. The Bertz CT molecular complexity index is 787. The van der Waals surface area contributed by atoms with Crippen LogP contribution in [0.25, 0.3) is 0 Å². The third-order valence-corrected chi connectivity index (χ3v) is 3.87. The Labute approximate surface area is 208 Å². The zero-order valence-electron chi connectivity index (χ0n) is 16.8. The quantitative estimate of drug-likeness (QED) is 0.489. The van der Waals surface area contributed by atoms with Gasteiger partial charge in [0.25, 0.3) is 0 Å². The molecule has 0 fully saturated rings. The second-order valence-electron chi connectivity index (χ2n) is 6.13. The number of carboxylic acids is 2. The first-order valence-electron chi connectivity index (χ1n) is 8.25. The third kappa shape index (κ3) is 8.11. The van der Waals surface area contributed by atoms with Crippen LogP contribution in [0.15, 0.2) is 54.1 Å². The summed E-state index contributed by atoms with van der Waals surface area (Å²) in [5.74, 6) is -2.13. The van der Waals surface area contributed by atoms with E-state index >= 15 is 0 Å². The van der Waals surface area contributed by atoms with Crippen molar-refractivity contribution in [2.75, 3.05) is 6.61 Å². The van der Waals surface area contributed by atoms with Crippen LogP contribution < -0.4 is 4.74 Å². The summed E-state index contributed by atoms with van der Waals surface area (Å²) in [6.07, 6.45) is 5.30. The van der Waals surface area contributed by atoms with Crippen LogP contribution in [0.5, 0.6) is 5.75 Å². The summed E-state index contributed by atoms with van der Waals surface area (Å²) in [6.45, 7) is 4.49. The van der Waals surface area contributed by atoms with Crippen molar-refractivity contribution in [3.05, 3.63) is 59.7 Å². The number of aromatic nitrogens is 2. The molecule has 1 aromatic carbocycles. The first-order chi connectivity index (χ1) is 12.4. The van der Waals surface area contributed by atoms with Crippen LogP contribution in [0.1, 0.15) is 19.4 Å². The van der Waals surface area contributed by atoms with Gasteiger partial charge in [-0.05, 0) is 23.6 Å². The number of carbonyl (C=O) groups is 2. The summed E-state index contributed by atoms with van der Waals surface area (Å²) in [4.78, 5) is 26.9. The molecule has 2 N–H and O–H groups in total. The van der Waals surface area contributed by atoms with E-state index in [-0.39, 0.29) is 82.6 Å². The van der Waals surface area contributed by atoms with E-state index in [2.05, 4.69) is 4.98 Å². The molecular formula is C19H22N2Na2O5. The fourth-order valence-electron chi connectivity index (χ4n) is 2.61. The fraction of sp³-hybridized carbons (Fsp3) is 0.316. The van der Waals surface area contributed by atoms with Crippen molar-refractivity contribution in [1.29, 1.82) is 0 Å². The Balaban J connectivity index is 0.00000364. The summed E-state index contributed by atoms with van der Waals surface area (Å²) in [5.41, 5.74) is 0.545.